The first-order valence-corrected chi connectivity index (χ1v) is 7.61. The van der Waals surface area contributed by atoms with E-state index in [0.29, 0.717) is 12.1 Å². The normalized spacial score (nSPS) is 11.9. The second kappa shape index (κ2) is 7.13. The number of aromatic nitrogens is 1. The number of hydrogen-bond acceptors (Lipinski definition) is 3. The summed E-state index contributed by atoms with van der Waals surface area (Å²) in [7, 11) is 1.66. The van der Waals surface area contributed by atoms with Gasteiger partial charge in [-0.1, -0.05) is 25.1 Å². The second-order valence-electron chi connectivity index (χ2n) is 4.82. The third-order valence-corrected chi connectivity index (χ3v) is 4.11. The van der Waals surface area contributed by atoms with E-state index in [2.05, 4.69) is 12.2 Å². The van der Waals surface area contributed by atoms with Crippen LogP contribution in [0.3, 0.4) is 0 Å². The summed E-state index contributed by atoms with van der Waals surface area (Å²) in [4.78, 5) is 24.7. The number of benzene rings is 1. The lowest BCUT2D eigenvalue weighted by atomic mass is 10.2. The van der Waals surface area contributed by atoms with Gasteiger partial charge in [0, 0.05) is 41.6 Å². The highest BCUT2D eigenvalue weighted by atomic mass is 32.2. The fourth-order valence-electron chi connectivity index (χ4n) is 1.80. The van der Waals surface area contributed by atoms with E-state index in [0.717, 1.165) is 0 Å². The average molecular weight is 302 g/mol. The van der Waals surface area contributed by atoms with Gasteiger partial charge in [0.25, 0.3) is 11.5 Å². The number of thioether (sulfide) groups is 1. The van der Waals surface area contributed by atoms with E-state index in [1.165, 1.54) is 15.5 Å². The van der Waals surface area contributed by atoms with Gasteiger partial charge in [0.05, 0.1) is 0 Å². The number of rotatable bonds is 5. The maximum Gasteiger partial charge on any atom is 0.251 e. The second-order valence-corrected chi connectivity index (χ2v) is 6.33. The number of carbonyl (C=O) groups excluding carboxylic acids is 1. The Hall–Kier alpha value is -2.01. The van der Waals surface area contributed by atoms with Gasteiger partial charge in [-0.25, -0.2) is 0 Å². The van der Waals surface area contributed by atoms with Gasteiger partial charge in [0.1, 0.15) is 0 Å². The van der Waals surface area contributed by atoms with E-state index in [4.69, 9.17) is 0 Å². The van der Waals surface area contributed by atoms with Crippen LogP contribution in [0.4, 0.5) is 0 Å². The molecule has 0 aliphatic carbocycles. The van der Waals surface area contributed by atoms with Crippen molar-refractivity contribution in [1.82, 2.24) is 9.88 Å². The zero-order valence-corrected chi connectivity index (χ0v) is 12.9. The van der Waals surface area contributed by atoms with Gasteiger partial charge in [-0.05, 0) is 18.2 Å². The molecule has 1 aromatic carbocycles. The van der Waals surface area contributed by atoms with Crippen molar-refractivity contribution in [3.8, 4) is 0 Å². The zero-order valence-electron chi connectivity index (χ0n) is 12.1. The first kappa shape index (κ1) is 15.4. The molecule has 0 spiro atoms. The number of nitrogens with one attached hydrogen (secondary N) is 1. The molecular weight excluding hydrogens is 284 g/mol. The minimum atomic E-state index is -0.215. The molecule has 1 amide bonds. The SMILES string of the molecule is C[C@@H](CNC(=O)c1ccn(C)c(=O)c1)Sc1ccccc1. The van der Waals surface area contributed by atoms with Crippen LogP contribution in [0, 0.1) is 0 Å². The number of hydrogen-bond donors (Lipinski definition) is 1. The van der Waals surface area contributed by atoms with Gasteiger partial charge in [0.15, 0.2) is 0 Å². The molecule has 0 fully saturated rings. The maximum absolute atomic E-state index is 12.0. The number of pyridine rings is 1. The Morgan fingerprint density at radius 3 is 2.67 bits per heavy atom. The Balaban J connectivity index is 1.88. The summed E-state index contributed by atoms with van der Waals surface area (Å²) in [5, 5.41) is 3.11. The first-order chi connectivity index (χ1) is 10.1. The van der Waals surface area contributed by atoms with Crippen LogP contribution in [-0.4, -0.2) is 22.3 Å². The summed E-state index contributed by atoms with van der Waals surface area (Å²) >= 11 is 1.71. The number of aryl methyl sites for hydroxylation is 1. The molecule has 1 aromatic heterocycles. The van der Waals surface area contributed by atoms with Crippen molar-refractivity contribution < 1.29 is 4.79 Å². The molecule has 1 atom stereocenters. The summed E-state index contributed by atoms with van der Waals surface area (Å²) in [6, 6.07) is 13.1. The van der Waals surface area contributed by atoms with Gasteiger partial charge in [-0.15, -0.1) is 11.8 Å². The highest BCUT2D eigenvalue weighted by Crippen LogP contribution is 2.21. The maximum atomic E-state index is 12.0. The lowest BCUT2D eigenvalue weighted by molar-refractivity contribution is 0.0954. The molecule has 1 N–H and O–H groups in total. The third kappa shape index (κ3) is 4.49. The van der Waals surface area contributed by atoms with Crippen LogP contribution in [0.1, 0.15) is 17.3 Å². The van der Waals surface area contributed by atoms with E-state index >= 15 is 0 Å². The van der Waals surface area contributed by atoms with E-state index in [1.54, 1.807) is 31.1 Å². The van der Waals surface area contributed by atoms with E-state index in [9.17, 15) is 9.59 Å². The third-order valence-electron chi connectivity index (χ3n) is 3.00. The Bertz CT molecular complexity index is 667. The summed E-state index contributed by atoms with van der Waals surface area (Å²) < 4.78 is 1.44. The molecule has 0 unspecified atom stereocenters. The highest BCUT2D eigenvalue weighted by molar-refractivity contribution is 8.00. The zero-order chi connectivity index (χ0) is 15.2. The average Bonchev–Trinajstić information content (AvgIpc) is 2.48. The van der Waals surface area contributed by atoms with Crippen LogP contribution in [-0.2, 0) is 7.05 Å². The van der Waals surface area contributed by atoms with Crippen LogP contribution in [0.5, 0.6) is 0 Å². The topological polar surface area (TPSA) is 51.1 Å². The van der Waals surface area contributed by atoms with Crippen molar-refractivity contribution >= 4 is 17.7 Å². The van der Waals surface area contributed by atoms with Crippen LogP contribution in [0.2, 0.25) is 0 Å². The molecule has 21 heavy (non-hydrogen) atoms. The van der Waals surface area contributed by atoms with Gasteiger partial charge in [-0.3, -0.25) is 9.59 Å². The summed E-state index contributed by atoms with van der Waals surface area (Å²) in [6.07, 6.45) is 1.60. The fraction of sp³-hybridized carbons (Fsp3) is 0.250. The molecule has 0 saturated heterocycles. The van der Waals surface area contributed by atoms with E-state index < -0.39 is 0 Å². The Morgan fingerprint density at radius 1 is 1.29 bits per heavy atom. The Morgan fingerprint density at radius 2 is 2.00 bits per heavy atom. The van der Waals surface area contributed by atoms with Crippen LogP contribution < -0.4 is 10.9 Å². The van der Waals surface area contributed by atoms with E-state index in [1.807, 2.05) is 30.3 Å². The number of amides is 1. The van der Waals surface area contributed by atoms with Crippen molar-refractivity contribution in [1.29, 1.82) is 0 Å². The smallest absolute Gasteiger partial charge is 0.251 e. The monoisotopic (exact) mass is 302 g/mol. The molecule has 0 saturated carbocycles. The molecule has 0 bridgehead atoms. The highest BCUT2D eigenvalue weighted by Gasteiger charge is 2.09. The van der Waals surface area contributed by atoms with Crippen molar-refractivity contribution in [2.75, 3.05) is 6.54 Å². The molecule has 5 heteroatoms. The van der Waals surface area contributed by atoms with Crippen molar-refractivity contribution in [2.45, 2.75) is 17.1 Å². The standard InChI is InChI=1S/C16H18N2O2S/c1-12(21-14-6-4-3-5-7-14)11-17-16(20)13-8-9-18(2)15(19)10-13/h3-10,12H,11H2,1-2H3,(H,17,20)/t12-/m0/s1. The summed E-state index contributed by atoms with van der Waals surface area (Å²) in [5.74, 6) is -0.215. The van der Waals surface area contributed by atoms with Crippen molar-refractivity contribution in [2.24, 2.45) is 7.05 Å². The largest absolute Gasteiger partial charge is 0.351 e. The predicted octanol–water partition coefficient (Wildman–Crippen LogP) is 2.30. The number of carbonyl (C=O) groups is 1. The Labute approximate surface area is 128 Å². The van der Waals surface area contributed by atoms with Crippen LogP contribution >= 0.6 is 11.8 Å². The molecule has 2 aromatic rings. The molecule has 4 nitrogen and oxygen atoms in total. The summed E-state index contributed by atoms with van der Waals surface area (Å²) in [5.41, 5.74) is 0.212. The lowest BCUT2D eigenvalue weighted by Crippen LogP contribution is -2.30. The summed E-state index contributed by atoms with van der Waals surface area (Å²) in [6.45, 7) is 2.61. The van der Waals surface area contributed by atoms with Crippen LogP contribution in [0.15, 0.2) is 58.4 Å². The van der Waals surface area contributed by atoms with Gasteiger partial charge in [0.2, 0.25) is 0 Å². The van der Waals surface area contributed by atoms with Gasteiger partial charge in [-0.2, -0.15) is 0 Å². The van der Waals surface area contributed by atoms with Crippen LogP contribution in [0.25, 0.3) is 0 Å². The van der Waals surface area contributed by atoms with E-state index in [-0.39, 0.29) is 16.7 Å². The number of nitrogens with zero attached hydrogens (tertiary/aromatic N) is 1. The molecule has 2 rings (SSSR count). The molecule has 0 radical (unpaired) electrons. The van der Waals surface area contributed by atoms with Crippen molar-refractivity contribution in [3.63, 3.8) is 0 Å². The predicted molar refractivity (Wildman–Crippen MR) is 85.8 cm³/mol. The molecular formula is C16H18N2O2S. The molecule has 0 aliphatic heterocycles. The molecule has 0 aliphatic rings. The minimum Gasteiger partial charge on any atom is -0.351 e. The minimum absolute atomic E-state index is 0.186. The fourth-order valence-corrected chi connectivity index (χ4v) is 2.75. The van der Waals surface area contributed by atoms with Crippen molar-refractivity contribution in [3.05, 3.63) is 64.6 Å². The lowest BCUT2D eigenvalue weighted by Gasteiger charge is -2.12. The van der Waals surface area contributed by atoms with Gasteiger partial charge >= 0.3 is 0 Å². The quantitative estimate of drug-likeness (QED) is 0.862. The first-order valence-electron chi connectivity index (χ1n) is 6.73. The Kier molecular flexibility index (Phi) is 5.22. The molecule has 110 valence electrons. The van der Waals surface area contributed by atoms with Gasteiger partial charge < -0.3 is 9.88 Å². The molecule has 1 heterocycles.